The summed E-state index contributed by atoms with van der Waals surface area (Å²) in [6, 6.07) is 0. The van der Waals surface area contributed by atoms with E-state index in [1.165, 1.54) is 84.9 Å². The predicted octanol–water partition coefficient (Wildman–Crippen LogP) is 9.25. The van der Waals surface area contributed by atoms with Gasteiger partial charge in [-0.15, -0.1) is 0 Å². The van der Waals surface area contributed by atoms with Gasteiger partial charge < -0.3 is 23.6 Å². The molecule has 0 fully saturated rings. The van der Waals surface area contributed by atoms with Crippen molar-refractivity contribution in [2.75, 3.05) is 71.0 Å². The van der Waals surface area contributed by atoms with Crippen LogP contribution in [0.15, 0.2) is 46.6 Å². The molecule has 0 aromatic carbocycles. The number of likely N-dealkylation sites (N-methyl/N-ethyl adjacent to an activating group) is 1. The lowest BCUT2D eigenvalue weighted by atomic mass is 9.82. The SMILES string of the molecule is CNC(=O)/C=C(\C)OP(=O)(OC)OC.COC(=O)/C=C(\C)OP(=O)(OC)OC.COP(=O)(OC)OC(Br)C(Cl)(Cl)Br.COP(=O)(OC)OC1=C(Cl)C2C=CCC12. The molecule has 0 saturated carbocycles. The van der Waals surface area contributed by atoms with E-state index in [0.29, 0.717) is 10.8 Å². The van der Waals surface area contributed by atoms with Crippen LogP contribution in [0.5, 0.6) is 0 Å². The summed E-state index contributed by atoms with van der Waals surface area (Å²) in [5.74, 6) is 0.237. The number of rotatable bonds is 19. The average Bonchev–Trinajstić information content (AvgIpc) is 3.62. The lowest BCUT2D eigenvalue weighted by Gasteiger charge is -2.34. The topological polar surface area (TPSA) is 234 Å². The number of fused-ring (bicyclic) bond motifs is 1. The number of carbonyl (C=O) groups excluding carboxylic acids is 2. The van der Waals surface area contributed by atoms with Crippen LogP contribution in [-0.4, -0.2) is 91.2 Å². The van der Waals surface area contributed by atoms with Crippen LogP contribution in [0.4, 0.5) is 0 Å². The van der Waals surface area contributed by atoms with Crippen LogP contribution in [-0.2, 0) is 86.9 Å². The summed E-state index contributed by atoms with van der Waals surface area (Å²) in [6.45, 7) is 2.90. The number of alkyl halides is 4. The van der Waals surface area contributed by atoms with Gasteiger partial charge in [0.2, 0.25) is 9.15 Å². The van der Waals surface area contributed by atoms with Gasteiger partial charge >= 0.3 is 37.3 Å². The molecule has 29 heteroatoms. The van der Waals surface area contributed by atoms with Gasteiger partial charge in [0, 0.05) is 81.8 Å². The summed E-state index contributed by atoms with van der Waals surface area (Å²) in [4.78, 5) is 21.6. The molecule has 20 nitrogen and oxygen atoms in total. The van der Waals surface area contributed by atoms with Crippen molar-refractivity contribution in [1.82, 2.24) is 5.32 Å². The van der Waals surface area contributed by atoms with Gasteiger partial charge in [-0.05, 0) is 36.2 Å². The Morgan fingerprint density at radius 3 is 1.55 bits per heavy atom. The highest BCUT2D eigenvalue weighted by Crippen LogP contribution is 2.59. The maximum atomic E-state index is 11.7. The van der Waals surface area contributed by atoms with Crippen molar-refractivity contribution in [3.8, 4) is 0 Å². The summed E-state index contributed by atoms with van der Waals surface area (Å²) in [5, 5.41) is 2.02. The normalized spacial score (nSPS) is 17.7. The summed E-state index contributed by atoms with van der Waals surface area (Å²) in [5.41, 5.74) is 0. The number of amides is 1. The smallest absolute Gasteiger partial charge is 0.466 e. The fraction of sp³-hybridized carbons (Fsp3) is 0.630. The van der Waals surface area contributed by atoms with E-state index in [9.17, 15) is 27.8 Å². The molecule has 3 unspecified atom stereocenters. The highest BCUT2D eigenvalue weighted by atomic mass is 79.9. The number of allylic oxidation sites excluding steroid dienone is 6. The molecule has 0 radical (unpaired) electrons. The molecule has 2 aliphatic carbocycles. The van der Waals surface area contributed by atoms with Crippen molar-refractivity contribution in [2.24, 2.45) is 11.8 Å². The Bertz CT molecular complexity index is 1510. The largest absolute Gasteiger partial charge is 0.529 e. The van der Waals surface area contributed by atoms with E-state index in [1.54, 1.807) is 0 Å². The Labute approximate surface area is 358 Å². The second-order valence-corrected chi connectivity index (χ2v) is 21.7. The Morgan fingerprint density at radius 1 is 0.786 bits per heavy atom. The van der Waals surface area contributed by atoms with E-state index in [2.05, 4.69) is 78.1 Å². The predicted molar refractivity (Wildman–Crippen MR) is 214 cm³/mol. The molecule has 0 saturated heterocycles. The minimum atomic E-state index is -3.58. The molecule has 328 valence electrons. The monoisotopic (exact) mass is 1070 g/mol. The van der Waals surface area contributed by atoms with Gasteiger partial charge in [0.25, 0.3) is 0 Å². The molecule has 0 spiro atoms. The molecular formula is C27H46Br2Cl3NO19P4. The van der Waals surface area contributed by atoms with E-state index in [1.807, 2.05) is 12.2 Å². The Balaban J connectivity index is 0. The minimum absolute atomic E-state index is 0.0869. The molecule has 2 rings (SSSR count). The summed E-state index contributed by atoms with van der Waals surface area (Å²) in [7, 11) is -1.82. The Morgan fingerprint density at radius 2 is 1.20 bits per heavy atom. The number of phosphoric acid groups is 4. The van der Waals surface area contributed by atoms with E-state index in [0.717, 1.165) is 18.6 Å². The first-order valence-corrected chi connectivity index (χ1v) is 23.6. The van der Waals surface area contributed by atoms with Crippen LogP contribution >= 0.6 is 98.0 Å². The van der Waals surface area contributed by atoms with Crippen molar-refractivity contribution in [2.45, 2.75) is 28.5 Å². The van der Waals surface area contributed by atoms with E-state index in [4.69, 9.17) is 52.9 Å². The van der Waals surface area contributed by atoms with Gasteiger partial charge in [0.15, 0.2) is 5.01 Å². The zero-order valence-corrected chi connectivity index (χ0v) is 41.2. The highest BCUT2D eigenvalue weighted by Gasteiger charge is 2.45. The first kappa shape index (κ1) is 57.8. The zero-order valence-electron chi connectivity index (χ0n) is 32.2. The maximum absolute atomic E-state index is 11.7. The van der Waals surface area contributed by atoms with Crippen LogP contribution in [0.1, 0.15) is 20.3 Å². The number of phosphoric ester groups is 4. The van der Waals surface area contributed by atoms with Gasteiger partial charge in [-0.3, -0.25) is 45.5 Å². The number of carbonyl (C=O) groups is 2. The van der Waals surface area contributed by atoms with Gasteiger partial charge in [-0.1, -0.05) is 62.9 Å². The number of methoxy groups -OCH3 is 1. The van der Waals surface area contributed by atoms with Crippen LogP contribution in [0.25, 0.3) is 0 Å². The molecule has 0 bridgehead atoms. The fourth-order valence-electron chi connectivity index (χ4n) is 3.33. The molecule has 2 aliphatic rings. The first-order valence-electron chi connectivity index (χ1n) is 14.9. The molecular weight excluding hydrogens is 1030 g/mol. The molecule has 3 atom stereocenters. The number of hydrogen-bond acceptors (Lipinski definition) is 19. The Kier molecular flexibility index (Phi) is 28.4. The number of esters is 1. The van der Waals surface area contributed by atoms with E-state index < -0.39 is 45.5 Å². The van der Waals surface area contributed by atoms with Gasteiger partial charge in [-0.2, -0.15) is 0 Å². The quantitative estimate of drug-likeness (QED) is 0.0317. The molecule has 56 heavy (non-hydrogen) atoms. The third kappa shape index (κ3) is 21.3. The number of hydrogen-bond donors (Lipinski definition) is 1. The lowest BCUT2D eigenvalue weighted by molar-refractivity contribution is -0.135. The second-order valence-electron chi connectivity index (χ2n) is 9.64. The Hall–Kier alpha value is -0.310. The zero-order chi connectivity index (χ0) is 44.1. The molecule has 0 aromatic rings. The van der Waals surface area contributed by atoms with Crippen LogP contribution in [0.2, 0.25) is 0 Å². The van der Waals surface area contributed by atoms with Gasteiger partial charge in [-0.25, -0.2) is 23.1 Å². The maximum Gasteiger partial charge on any atom is 0.529 e. The van der Waals surface area contributed by atoms with Gasteiger partial charge in [0.1, 0.15) is 17.3 Å². The second kappa shape index (κ2) is 27.5. The van der Waals surface area contributed by atoms with Gasteiger partial charge in [0.05, 0.1) is 18.2 Å². The third-order valence-corrected chi connectivity index (χ3v) is 15.2. The lowest BCUT2D eigenvalue weighted by Crippen LogP contribution is -2.25. The van der Waals surface area contributed by atoms with Crippen molar-refractivity contribution in [3.63, 3.8) is 0 Å². The van der Waals surface area contributed by atoms with Crippen LogP contribution in [0, 0.1) is 11.8 Å². The molecule has 0 heterocycles. The van der Waals surface area contributed by atoms with Crippen molar-refractivity contribution in [3.05, 3.63) is 46.6 Å². The molecule has 1 amide bonds. The van der Waals surface area contributed by atoms with Crippen LogP contribution < -0.4 is 5.32 Å². The number of ether oxygens (including phenoxy) is 1. The summed E-state index contributed by atoms with van der Waals surface area (Å²) < 4.78 is 105. The molecule has 0 aromatic heterocycles. The van der Waals surface area contributed by atoms with Crippen molar-refractivity contribution >= 4 is 110 Å². The van der Waals surface area contributed by atoms with Crippen molar-refractivity contribution < 1.29 is 86.9 Å². The average molecular weight is 1080 g/mol. The fourth-order valence-corrected chi connectivity index (χ4v) is 7.74. The first-order chi connectivity index (χ1) is 25.8. The molecule has 0 aliphatic heterocycles. The van der Waals surface area contributed by atoms with Crippen LogP contribution in [0.3, 0.4) is 0 Å². The highest BCUT2D eigenvalue weighted by molar-refractivity contribution is 9.13. The van der Waals surface area contributed by atoms with E-state index >= 15 is 0 Å². The summed E-state index contributed by atoms with van der Waals surface area (Å²) in [6.07, 6.45) is 7.11. The number of nitrogens with one attached hydrogen (secondary N) is 1. The number of halogens is 5. The standard InChI is InChI=1S/C9H12ClO4P.C7H14NO5P.C7H13O6P.C4H7Br2Cl2O4P/c1-12-15(11,13-2)14-9-7-5-3-4-6(7)8(9)10;1-6(5-7(9)8-2)13-14(10,11-3)12-4;1-6(5-7(8)10-2)13-14(9,11-3)12-4;1-10-13(9,11-2)12-3(5)4(6,7)8/h3-4,6-7H,5H2,1-2H3;5H,1-4H3,(H,8,9);5H,1-4H3;3H,1-2H3/b;2*6-5+;. The van der Waals surface area contributed by atoms with Crippen molar-refractivity contribution in [1.29, 1.82) is 0 Å². The van der Waals surface area contributed by atoms with E-state index in [-0.39, 0.29) is 29.3 Å². The molecule has 1 N–H and O–H groups in total. The minimum Gasteiger partial charge on any atom is -0.466 e. The summed E-state index contributed by atoms with van der Waals surface area (Å²) >= 11 is 23.0. The third-order valence-electron chi connectivity index (χ3n) is 6.12.